The van der Waals surface area contributed by atoms with Gasteiger partial charge < -0.3 is 10.2 Å². The zero-order chi connectivity index (χ0) is 18.0. The van der Waals surface area contributed by atoms with Gasteiger partial charge in [-0.1, -0.05) is 6.58 Å². The number of aromatic nitrogens is 2. The second kappa shape index (κ2) is 6.93. The van der Waals surface area contributed by atoms with Gasteiger partial charge in [-0.2, -0.15) is 5.10 Å². The number of nitrogens with one attached hydrogen (secondary N) is 1. The Hall–Kier alpha value is -2.89. The highest BCUT2D eigenvalue weighted by Gasteiger charge is 2.24. The van der Waals surface area contributed by atoms with Crippen molar-refractivity contribution < 1.29 is 9.59 Å². The number of anilines is 1. The second-order valence-corrected chi connectivity index (χ2v) is 6.32. The Labute approximate surface area is 147 Å². The van der Waals surface area contributed by atoms with Gasteiger partial charge >= 0.3 is 0 Å². The van der Waals surface area contributed by atoms with E-state index in [2.05, 4.69) is 17.0 Å². The van der Waals surface area contributed by atoms with Gasteiger partial charge in [0, 0.05) is 24.3 Å². The Morgan fingerprint density at radius 3 is 2.56 bits per heavy atom. The SMILES string of the molecule is C=CC(=O)N(Cc1c(C)cnn1C)c1ccc(C(=O)NC2CC2)cc1. The third kappa shape index (κ3) is 3.79. The molecule has 1 fully saturated rings. The van der Waals surface area contributed by atoms with E-state index in [1.807, 2.05) is 14.0 Å². The Morgan fingerprint density at radius 2 is 2.04 bits per heavy atom. The van der Waals surface area contributed by atoms with Crippen molar-refractivity contribution >= 4 is 17.5 Å². The highest BCUT2D eigenvalue weighted by atomic mass is 16.2. The van der Waals surface area contributed by atoms with E-state index >= 15 is 0 Å². The lowest BCUT2D eigenvalue weighted by Gasteiger charge is -2.22. The van der Waals surface area contributed by atoms with E-state index in [0.29, 0.717) is 23.8 Å². The number of hydrogen-bond donors (Lipinski definition) is 1. The molecule has 1 aromatic carbocycles. The molecule has 130 valence electrons. The van der Waals surface area contributed by atoms with Crippen LogP contribution in [0.3, 0.4) is 0 Å². The van der Waals surface area contributed by atoms with Crippen LogP contribution in [0.15, 0.2) is 43.1 Å². The maximum atomic E-state index is 12.3. The summed E-state index contributed by atoms with van der Waals surface area (Å²) in [5, 5.41) is 7.18. The molecule has 0 radical (unpaired) electrons. The molecular formula is C19H22N4O2. The molecule has 1 saturated carbocycles. The molecule has 1 N–H and O–H groups in total. The Morgan fingerprint density at radius 1 is 1.36 bits per heavy atom. The van der Waals surface area contributed by atoms with Crippen molar-refractivity contribution in [1.29, 1.82) is 0 Å². The van der Waals surface area contributed by atoms with Crippen molar-refractivity contribution in [3.05, 3.63) is 59.9 Å². The molecule has 0 bridgehead atoms. The van der Waals surface area contributed by atoms with Gasteiger partial charge in [0.05, 0.1) is 18.4 Å². The first-order chi connectivity index (χ1) is 12.0. The van der Waals surface area contributed by atoms with E-state index in [9.17, 15) is 9.59 Å². The molecule has 1 heterocycles. The summed E-state index contributed by atoms with van der Waals surface area (Å²) in [4.78, 5) is 26.0. The van der Waals surface area contributed by atoms with Crippen LogP contribution in [-0.4, -0.2) is 27.6 Å². The van der Waals surface area contributed by atoms with Crippen LogP contribution in [0.1, 0.15) is 34.5 Å². The summed E-state index contributed by atoms with van der Waals surface area (Å²) in [6, 6.07) is 7.38. The Kier molecular flexibility index (Phi) is 4.70. The largest absolute Gasteiger partial charge is 0.349 e. The van der Waals surface area contributed by atoms with Gasteiger partial charge in [-0.05, 0) is 55.7 Å². The first-order valence-corrected chi connectivity index (χ1v) is 8.32. The summed E-state index contributed by atoms with van der Waals surface area (Å²) in [6.07, 6.45) is 5.17. The first kappa shape index (κ1) is 17.0. The van der Waals surface area contributed by atoms with E-state index in [1.54, 1.807) is 40.0 Å². The maximum Gasteiger partial charge on any atom is 0.251 e. The molecule has 1 aromatic heterocycles. The number of benzene rings is 1. The molecule has 0 aliphatic heterocycles. The number of nitrogens with zero attached hydrogens (tertiary/aromatic N) is 3. The predicted octanol–water partition coefficient (Wildman–Crippen LogP) is 2.34. The van der Waals surface area contributed by atoms with Gasteiger partial charge in [0.15, 0.2) is 0 Å². The molecule has 1 aliphatic rings. The van der Waals surface area contributed by atoms with E-state index in [-0.39, 0.29) is 11.8 Å². The average Bonchev–Trinajstić information content (AvgIpc) is 3.38. The fourth-order valence-corrected chi connectivity index (χ4v) is 2.65. The van der Waals surface area contributed by atoms with Crippen molar-refractivity contribution in [2.45, 2.75) is 32.4 Å². The van der Waals surface area contributed by atoms with Crippen LogP contribution in [0.25, 0.3) is 0 Å². The molecule has 0 atom stereocenters. The minimum atomic E-state index is -0.198. The van der Waals surface area contributed by atoms with E-state index < -0.39 is 0 Å². The van der Waals surface area contributed by atoms with Gasteiger partial charge in [0.1, 0.15) is 0 Å². The van der Waals surface area contributed by atoms with Crippen molar-refractivity contribution in [2.75, 3.05) is 4.90 Å². The molecule has 0 spiro atoms. The van der Waals surface area contributed by atoms with Gasteiger partial charge in [0.2, 0.25) is 0 Å². The lowest BCUT2D eigenvalue weighted by atomic mass is 10.1. The minimum absolute atomic E-state index is 0.0712. The quantitative estimate of drug-likeness (QED) is 0.822. The molecule has 6 nitrogen and oxygen atoms in total. The average molecular weight is 338 g/mol. The summed E-state index contributed by atoms with van der Waals surface area (Å²) in [5.74, 6) is -0.270. The molecule has 3 rings (SSSR count). The highest BCUT2D eigenvalue weighted by molar-refractivity contribution is 6.01. The minimum Gasteiger partial charge on any atom is -0.349 e. The fourth-order valence-electron chi connectivity index (χ4n) is 2.65. The zero-order valence-corrected chi connectivity index (χ0v) is 14.5. The monoisotopic (exact) mass is 338 g/mol. The third-order valence-electron chi connectivity index (χ3n) is 4.37. The molecule has 0 unspecified atom stereocenters. The molecule has 2 aromatic rings. The number of aryl methyl sites for hydroxylation is 2. The van der Waals surface area contributed by atoms with Crippen LogP contribution in [0.2, 0.25) is 0 Å². The standard InChI is InChI=1S/C19H22N4O2/c1-4-18(24)23(12-17-13(2)11-20-22(17)3)16-9-5-14(6-10-16)19(25)21-15-7-8-15/h4-6,9-11,15H,1,7-8,12H2,2-3H3,(H,21,25). The summed E-state index contributed by atoms with van der Waals surface area (Å²) < 4.78 is 1.76. The number of hydrogen-bond acceptors (Lipinski definition) is 3. The number of carbonyl (C=O) groups is 2. The molecule has 6 heteroatoms. The summed E-state index contributed by atoms with van der Waals surface area (Å²) in [7, 11) is 1.85. The topological polar surface area (TPSA) is 67.2 Å². The van der Waals surface area contributed by atoms with Crippen molar-refractivity contribution in [1.82, 2.24) is 15.1 Å². The van der Waals surface area contributed by atoms with Crippen LogP contribution >= 0.6 is 0 Å². The molecular weight excluding hydrogens is 316 g/mol. The molecule has 25 heavy (non-hydrogen) atoms. The number of carbonyl (C=O) groups excluding carboxylic acids is 2. The van der Waals surface area contributed by atoms with Crippen molar-refractivity contribution in [2.24, 2.45) is 7.05 Å². The Bertz CT molecular complexity index is 784. The fraction of sp³-hybridized carbons (Fsp3) is 0.316. The maximum absolute atomic E-state index is 12.3. The van der Waals surface area contributed by atoms with Gasteiger partial charge in [-0.25, -0.2) is 0 Å². The lowest BCUT2D eigenvalue weighted by Crippen LogP contribution is -2.30. The molecule has 1 aliphatic carbocycles. The van der Waals surface area contributed by atoms with Gasteiger partial charge in [-0.15, -0.1) is 0 Å². The molecule has 2 amide bonds. The van der Waals surface area contributed by atoms with Crippen molar-refractivity contribution in [3.8, 4) is 0 Å². The summed E-state index contributed by atoms with van der Waals surface area (Å²) >= 11 is 0. The van der Waals surface area contributed by atoms with Gasteiger partial charge in [0.25, 0.3) is 11.8 Å². The molecule has 0 saturated heterocycles. The predicted molar refractivity (Wildman–Crippen MR) is 96.3 cm³/mol. The van der Waals surface area contributed by atoms with E-state index in [1.165, 1.54) is 6.08 Å². The Balaban J connectivity index is 1.82. The van der Waals surface area contributed by atoms with E-state index in [4.69, 9.17) is 0 Å². The van der Waals surface area contributed by atoms with Crippen LogP contribution in [0.5, 0.6) is 0 Å². The van der Waals surface area contributed by atoms with Crippen LogP contribution in [-0.2, 0) is 18.4 Å². The van der Waals surface area contributed by atoms with Crippen molar-refractivity contribution in [3.63, 3.8) is 0 Å². The third-order valence-corrected chi connectivity index (χ3v) is 4.37. The summed E-state index contributed by atoms with van der Waals surface area (Å²) in [6.45, 7) is 5.94. The zero-order valence-electron chi connectivity index (χ0n) is 14.5. The lowest BCUT2D eigenvalue weighted by molar-refractivity contribution is -0.114. The summed E-state index contributed by atoms with van der Waals surface area (Å²) in [5.41, 5.74) is 3.28. The first-order valence-electron chi connectivity index (χ1n) is 8.32. The van der Waals surface area contributed by atoms with Crippen LogP contribution in [0.4, 0.5) is 5.69 Å². The van der Waals surface area contributed by atoms with Gasteiger partial charge in [-0.3, -0.25) is 14.3 Å². The second-order valence-electron chi connectivity index (χ2n) is 6.32. The smallest absolute Gasteiger partial charge is 0.251 e. The normalized spacial score (nSPS) is 13.4. The number of rotatable bonds is 6. The number of amides is 2. The van der Waals surface area contributed by atoms with E-state index in [0.717, 1.165) is 24.1 Å². The van der Waals surface area contributed by atoms with Crippen LogP contribution in [0, 0.1) is 6.92 Å². The highest BCUT2D eigenvalue weighted by Crippen LogP contribution is 2.22. The van der Waals surface area contributed by atoms with Crippen LogP contribution < -0.4 is 10.2 Å².